The molecule has 1 aromatic heterocycles. The molecule has 0 unspecified atom stereocenters. The summed E-state index contributed by atoms with van der Waals surface area (Å²) in [4.78, 5) is 12.1. The van der Waals surface area contributed by atoms with Crippen molar-refractivity contribution in [1.29, 1.82) is 0 Å². The minimum atomic E-state index is -0.390. The molecule has 2 N–H and O–H groups in total. The van der Waals surface area contributed by atoms with Gasteiger partial charge in [-0.1, -0.05) is 29.2 Å². The van der Waals surface area contributed by atoms with Gasteiger partial charge in [-0.2, -0.15) is 0 Å². The summed E-state index contributed by atoms with van der Waals surface area (Å²) >= 11 is 2.67. The van der Waals surface area contributed by atoms with Crippen LogP contribution in [0.1, 0.15) is 6.92 Å². The second-order valence-electron chi connectivity index (χ2n) is 4.55. The van der Waals surface area contributed by atoms with E-state index in [4.69, 9.17) is 4.74 Å². The topological polar surface area (TPSA) is 76.1 Å². The standard InChI is InChI=1S/C14H17FN4O2S2/c1-9(12(20)17-11-5-3-4-10(15)8-11)22-14-19-18-13(23-14)16-6-7-21-2/h3-5,8-9H,6-7H2,1-2H3,(H,16,18)(H,17,20)/t9-/m0/s1. The predicted molar refractivity (Wildman–Crippen MR) is 90.6 cm³/mol. The fraction of sp³-hybridized carbons (Fsp3) is 0.357. The van der Waals surface area contributed by atoms with Crippen LogP contribution in [0.25, 0.3) is 0 Å². The molecule has 1 aromatic carbocycles. The minimum Gasteiger partial charge on any atom is -0.383 e. The zero-order chi connectivity index (χ0) is 16.7. The van der Waals surface area contributed by atoms with Crippen molar-refractivity contribution in [3.63, 3.8) is 0 Å². The van der Waals surface area contributed by atoms with Gasteiger partial charge in [0.05, 0.1) is 11.9 Å². The highest BCUT2D eigenvalue weighted by atomic mass is 32.2. The van der Waals surface area contributed by atoms with Crippen molar-refractivity contribution in [3.05, 3.63) is 30.1 Å². The van der Waals surface area contributed by atoms with E-state index in [1.54, 1.807) is 26.2 Å². The van der Waals surface area contributed by atoms with Gasteiger partial charge in [-0.25, -0.2) is 4.39 Å². The lowest BCUT2D eigenvalue weighted by atomic mass is 10.3. The van der Waals surface area contributed by atoms with Crippen LogP contribution in [0.2, 0.25) is 0 Å². The van der Waals surface area contributed by atoms with Gasteiger partial charge in [0, 0.05) is 19.3 Å². The van der Waals surface area contributed by atoms with Crippen LogP contribution < -0.4 is 10.6 Å². The first kappa shape index (κ1) is 17.6. The van der Waals surface area contributed by atoms with Crippen molar-refractivity contribution >= 4 is 39.8 Å². The lowest BCUT2D eigenvalue weighted by Gasteiger charge is -2.10. The highest BCUT2D eigenvalue weighted by Gasteiger charge is 2.17. The van der Waals surface area contributed by atoms with E-state index < -0.39 is 0 Å². The molecule has 6 nitrogen and oxygen atoms in total. The van der Waals surface area contributed by atoms with Gasteiger partial charge < -0.3 is 15.4 Å². The Hall–Kier alpha value is -1.71. The van der Waals surface area contributed by atoms with E-state index >= 15 is 0 Å². The fourth-order valence-corrected chi connectivity index (χ4v) is 3.53. The van der Waals surface area contributed by atoms with Gasteiger partial charge in [-0.3, -0.25) is 4.79 Å². The quantitative estimate of drug-likeness (QED) is 0.559. The van der Waals surface area contributed by atoms with Crippen LogP contribution in [-0.4, -0.2) is 41.6 Å². The van der Waals surface area contributed by atoms with Gasteiger partial charge in [0.1, 0.15) is 5.82 Å². The molecule has 0 aliphatic heterocycles. The van der Waals surface area contributed by atoms with E-state index in [1.807, 2.05) is 0 Å². The van der Waals surface area contributed by atoms with Crippen molar-refractivity contribution in [1.82, 2.24) is 10.2 Å². The summed E-state index contributed by atoms with van der Waals surface area (Å²) in [5, 5.41) is 14.1. The number of anilines is 2. The Morgan fingerprint density at radius 1 is 1.48 bits per heavy atom. The van der Waals surface area contributed by atoms with Gasteiger partial charge in [0.15, 0.2) is 4.34 Å². The molecule has 2 aromatic rings. The first-order valence-electron chi connectivity index (χ1n) is 6.88. The first-order valence-corrected chi connectivity index (χ1v) is 8.57. The molecule has 0 fully saturated rings. The van der Waals surface area contributed by atoms with E-state index in [9.17, 15) is 9.18 Å². The molecule has 1 amide bonds. The molecule has 1 atom stereocenters. The van der Waals surface area contributed by atoms with Crippen LogP contribution in [0, 0.1) is 5.82 Å². The Labute approximate surface area is 141 Å². The SMILES string of the molecule is COCCNc1nnc(S[C@@H](C)C(=O)Nc2cccc(F)c2)s1. The molecule has 1 heterocycles. The first-order chi connectivity index (χ1) is 11.1. The highest BCUT2D eigenvalue weighted by Crippen LogP contribution is 2.29. The number of carbonyl (C=O) groups excluding carboxylic acids is 1. The zero-order valence-corrected chi connectivity index (χ0v) is 14.3. The molecule has 2 rings (SSSR count). The maximum absolute atomic E-state index is 13.1. The van der Waals surface area contributed by atoms with Crippen LogP contribution in [0.15, 0.2) is 28.6 Å². The maximum atomic E-state index is 13.1. The molecule has 23 heavy (non-hydrogen) atoms. The van der Waals surface area contributed by atoms with E-state index in [2.05, 4.69) is 20.8 Å². The van der Waals surface area contributed by atoms with Crippen molar-refractivity contribution in [2.45, 2.75) is 16.5 Å². The molecule has 0 radical (unpaired) electrons. The highest BCUT2D eigenvalue weighted by molar-refractivity contribution is 8.02. The number of nitrogens with one attached hydrogen (secondary N) is 2. The Morgan fingerprint density at radius 3 is 3.04 bits per heavy atom. The van der Waals surface area contributed by atoms with Gasteiger partial charge in [-0.05, 0) is 25.1 Å². The third-order valence-electron chi connectivity index (χ3n) is 2.73. The molecule has 0 spiro atoms. The van der Waals surface area contributed by atoms with Gasteiger partial charge in [0.25, 0.3) is 0 Å². The lowest BCUT2D eigenvalue weighted by molar-refractivity contribution is -0.115. The average Bonchev–Trinajstić information content (AvgIpc) is 2.95. The monoisotopic (exact) mass is 356 g/mol. The normalized spacial score (nSPS) is 12.0. The molecule has 0 saturated heterocycles. The van der Waals surface area contributed by atoms with Crippen molar-refractivity contribution < 1.29 is 13.9 Å². The molecular weight excluding hydrogens is 339 g/mol. The molecule has 0 saturated carbocycles. The Balaban J connectivity index is 1.85. The minimum absolute atomic E-state index is 0.218. The third kappa shape index (κ3) is 5.77. The van der Waals surface area contributed by atoms with Crippen LogP contribution >= 0.6 is 23.1 Å². The molecule has 0 aliphatic carbocycles. The number of ether oxygens (including phenoxy) is 1. The molecule has 0 aliphatic rings. The molecular formula is C14H17FN4O2S2. The number of halogens is 1. The summed E-state index contributed by atoms with van der Waals surface area (Å²) in [6, 6.07) is 5.79. The number of hydrogen-bond donors (Lipinski definition) is 2. The second kappa shape index (κ2) is 8.80. The van der Waals surface area contributed by atoms with Gasteiger partial charge in [0.2, 0.25) is 11.0 Å². The van der Waals surface area contributed by atoms with Crippen LogP contribution in [-0.2, 0) is 9.53 Å². The predicted octanol–water partition coefficient (Wildman–Crippen LogP) is 2.85. The Kier molecular flexibility index (Phi) is 6.75. The van der Waals surface area contributed by atoms with Crippen molar-refractivity contribution in [2.75, 3.05) is 30.9 Å². The van der Waals surface area contributed by atoms with Gasteiger partial charge in [-0.15, -0.1) is 10.2 Å². The summed E-state index contributed by atoms with van der Waals surface area (Å²) in [6.45, 7) is 2.98. The summed E-state index contributed by atoms with van der Waals surface area (Å²) in [5.74, 6) is -0.608. The number of benzene rings is 1. The van der Waals surface area contributed by atoms with Crippen molar-refractivity contribution in [3.8, 4) is 0 Å². The summed E-state index contributed by atoms with van der Waals surface area (Å²) in [5.41, 5.74) is 0.432. The smallest absolute Gasteiger partial charge is 0.237 e. The second-order valence-corrected chi connectivity index (χ2v) is 7.12. The maximum Gasteiger partial charge on any atom is 0.237 e. The van der Waals surface area contributed by atoms with Crippen LogP contribution in [0.4, 0.5) is 15.2 Å². The largest absolute Gasteiger partial charge is 0.383 e. The molecule has 0 bridgehead atoms. The van der Waals surface area contributed by atoms with Crippen molar-refractivity contribution in [2.24, 2.45) is 0 Å². The number of rotatable bonds is 8. The Morgan fingerprint density at radius 2 is 2.30 bits per heavy atom. The third-order valence-corrected chi connectivity index (χ3v) is 4.79. The van der Waals surface area contributed by atoms with E-state index in [0.29, 0.717) is 28.3 Å². The number of amides is 1. The number of methoxy groups -OCH3 is 1. The molecule has 9 heteroatoms. The van der Waals surface area contributed by atoms with E-state index in [1.165, 1.54) is 35.2 Å². The summed E-state index contributed by atoms with van der Waals surface area (Å²) in [6.07, 6.45) is 0. The zero-order valence-electron chi connectivity index (χ0n) is 12.7. The van der Waals surface area contributed by atoms with Crippen LogP contribution in [0.5, 0.6) is 0 Å². The lowest BCUT2D eigenvalue weighted by Crippen LogP contribution is -2.22. The summed E-state index contributed by atoms with van der Waals surface area (Å²) in [7, 11) is 1.63. The average molecular weight is 356 g/mol. The number of thioether (sulfide) groups is 1. The Bertz CT molecular complexity index is 653. The number of nitrogens with zero attached hydrogens (tertiary/aromatic N) is 2. The summed E-state index contributed by atoms with van der Waals surface area (Å²) < 4.78 is 18.7. The van der Waals surface area contributed by atoms with E-state index in [-0.39, 0.29) is 17.0 Å². The van der Waals surface area contributed by atoms with E-state index in [0.717, 1.165) is 0 Å². The molecule has 124 valence electrons. The number of hydrogen-bond acceptors (Lipinski definition) is 7. The number of carbonyl (C=O) groups is 1. The fourth-order valence-electron chi connectivity index (χ4n) is 1.60. The van der Waals surface area contributed by atoms with Gasteiger partial charge >= 0.3 is 0 Å². The number of aromatic nitrogens is 2. The van der Waals surface area contributed by atoms with Crippen LogP contribution in [0.3, 0.4) is 0 Å².